The lowest BCUT2D eigenvalue weighted by Gasteiger charge is -2.11. The van der Waals surface area contributed by atoms with Gasteiger partial charge in [-0.15, -0.1) is 0 Å². The smallest absolute Gasteiger partial charge is 0.240 e. The normalized spacial score (nSPS) is 11.4. The largest absolute Gasteiger partial charge is 0.493 e. The van der Waals surface area contributed by atoms with E-state index in [0.29, 0.717) is 37.7 Å². The maximum Gasteiger partial charge on any atom is 0.240 e. The van der Waals surface area contributed by atoms with Crippen LogP contribution in [0.3, 0.4) is 0 Å². The van der Waals surface area contributed by atoms with E-state index >= 15 is 0 Å². The van der Waals surface area contributed by atoms with Gasteiger partial charge >= 0.3 is 0 Å². The van der Waals surface area contributed by atoms with E-state index in [1.807, 2.05) is 6.92 Å². The van der Waals surface area contributed by atoms with Crippen molar-refractivity contribution in [1.29, 1.82) is 0 Å². The molecule has 0 saturated heterocycles. The van der Waals surface area contributed by atoms with Gasteiger partial charge in [0.1, 0.15) is 0 Å². The van der Waals surface area contributed by atoms with Crippen molar-refractivity contribution in [2.45, 2.75) is 24.7 Å². The van der Waals surface area contributed by atoms with E-state index in [2.05, 4.69) is 4.72 Å². The Bertz CT molecular complexity index is 530. The molecule has 1 aromatic rings. The van der Waals surface area contributed by atoms with Gasteiger partial charge in [-0.25, -0.2) is 13.1 Å². The van der Waals surface area contributed by atoms with Crippen molar-refractivity contribution in [3.05, 3.63) is 18.2 Å². The number of rotatable bonds is 10. The summed E-state index contributed by atoms with van der Waals surface area (Å²) in [6, 6.07) is 4.49. The summed E-state index contributed by atoms with van der Waals surface area (Å²) in [6.45, 7) is 3.60. The van der Waals surface area contributed by atoms with E-state index in [9.17, 15) is 8.42 Å². The fourth-order valence-electron chi connectivity index (χ4n) is 1.69. The minimum absolute atomic E-state index is 0.148. The van der Waals surface area contributed by atoms with Crippen molar-refractivity contribution < 1.29 is 22.6 Å². The molecule has 7 heteroatoms. The van der Waals surface area contributed by atoms with Gasteiger partial charge < -0.3 is 14.2 Å². The Morgan fingerprint density at radius 2 is 1.81 bits per heavy atom. The molecule has 120 valence electrons. The topological polar surface area (TPSA) is 73.9 Å². The van der Waals surface area contributed by atoms with Crippen LogP contribution in [0.15, 0.2) is 23.1 Å². The van der Waals surface area contributed by atoms with Crippen LogP contribution < -0.4 is 14.2 Å². The van der Waals surface area contributed by atoms with Gasteiger partial charge in [0.15, 0.2) is 11.5 Å². The first-order chi connectivity index (χ1) is 10.0. The molecule has 0 radical (unpaired) electrons. The van der Waals surface area contributed by atoms with Crippen LogP contribution in [-0.4, -0.2) is 42.4 Å². The molecule has 0 bridgehead atoms. The Hall–Kier alpha value is -1.31. The molecular weight excluding hydrogens is 294 g/mol. The second-order valence-corrected chi connectivity index (χ2v) is 6.15. The summed E-state index contributed by atoms with van der Waals surface area (Å²) < 4.78 is 42.3. The zero-order chi connectivity index (χ0) is 15.7. The fourth-order valence-corrected chi connectivity index (χ4v) is 2.78. The highest BCUT2D eigenvalue weighted by Gasteiger charge is 2.16. The van der Waals surface area contributed by atoms with Crippen molar-refractivity contribution in [2.24, 2.45) is 0 Å². The van der Waals surface area contributed by atoms with E-state index in [4.69, 9.17) is 14.2 Å². The predicted molar refractivity (Wildman–Crippen MR) is 80.5 cm³/mol. The first-order valence-corrected chi connectivity index (χ1v) is 8.33. The van der Waals surface area contributed by atoms with Crippen LogP contribution in [-0.2, 0) is 14.8 Å². The molecule has 0 amide bonds. The molecular formula is C14H23NO5S. The van der Waals surface area contributed by atoms with Crippen molar-refractivity contribution >= 4 is 10.0 Å². The number of nitrogens with one attached hydrogen (secondary N) is 1. The highest BCUT2D eigenvalue weighted by atomic mass is 32.2. The van der Waals surface area contributed by atoms with E-state index in [1.54, 1.807) is 6.07 Å². The predicted octanol–water partition coefficient (Wildman–Crippen LogP) is 1.80. The van der Waals surface area contributed by atoms with Crippen molar-refractivity contribution in [3.8, 4) is 11.5 Å². The van der Waals surface area contributed by atoms with Crippen molar-refractivity contribution in [3.63, 3.8) is 0 Å². The Morgan fingerprint density at radius 1 is 1.10 bits per heavy atom. The number of methoxy groups -OCH3 is 2. The maximum absolute atomic E-state index is 12.1. The number of hydrogen-bond acceptors (Lipinski definition) is 5. The lowest BCUT2D eigenvalue weighted by Crippen LogP contribution is -2.25. The number of ether oxygens (including phenoxy) is 3. The number of sulfonamides is 1. The second kappa shape index (κ2) is 8.86. The molecule has 0 aliphatic rings. The minimum atomic E-state index is -3.55. The summed E-state index contributed by atoms with van der Waals surface area (Å²) >= 11 is 0. The number of hydrogen-bond donors (Lipinski definition) is 1. The Kier molecular flexibility index (Phi) is 7.49. The summed E-state index contributed by atoms with van der Waals surface area (Å²) in [7, 11) is -0.586. The Balaban J connectivity index is 2.62. The lowest BCUT2D eigenvalue weighted by molar-refractivity contribution is 0.133. The third kappa shape index (κ3) is 5.53. The van der Waals surface area contributed by atoms with Gasteiger partial charge in [-0.2, -0.15) is 0 Å². The molecule has 1 rings (SSSR count). The first-order valence-electron chi connectivity index (χ1n) is 6.84. The summed E-state index contributed by atoms with van der Waals surface area (Å²) in [5, 5.41) is 0. The molecule has 21 heavy (non-hydrogen) atoms. The van der Waals surface area contributed by atoms with E-state index in [0.717, 1.165) is 6.42 Å². The average Bonchev–Trinajstić information content (AvgIpc) is 2.49. The van der Waals surface area contributed by atoms with Crippen LogP contribution >= 0.6 is 0 Å². The second-order valence-electron chi connectivity index (χ2n) is 4.38. The molecule has 6 nitrogen and oxygen atoms in total. The highest BCUT2D eigenvalue weighted by molar-refractivity contribution is 7.89. The Labute approximate surface area is 126 Å². The molecule has 0 fully saturated rings. The molecule has 0 aliphatic carbocycles. The molecule has 0 unspecified atom stereocenters. The zero-order valence-corrected chi connectivity index (χ0v) is 13.5. The molecule has 0 heterocycles. The maximum atomic E-state index is 12.1. The van der Waals surface area contributed by atoms with Gasteiger partial charge in [-0.3, -0.25) is 0 Å². The van der Waals surface area contributed by atoms with Gasteiger partial charge in [0.25, 0.3) is 0 Å². The molecule has 0 aromatic heterocycles. The zero-order valence-electron chi connectivity index (χ0n) is 12.7. The lowest BCUT2D eigenvalue weighted by atomic mass is 10.3. The van der Waals surface area contributed by atoms with E-state index in [1.165, 1.54) is 26.4 Å². The Morgan fingerprint density at radius 3 is 2.43 bits per heavy atom. The standard InChI is InChI=1S/C14H23NO5S/c1-4-9-20-10-5-8-15-21(16,17)12-6-7-13(18-2)14(11-12)19-3/h6-7,11,15H,4-5,8-10H2,1-3H3. The van der Waals surface area contributed by atoms with Crippen LogP contribution in [0, 0.1) is 0 Å². The SMILES string of the molecule is CCCOCCCNS(=O)(=O)c1ccc(OC)c(OC)c1. The number of benzene rings is 1. The van der Waals surface area contributed by atoms with Crippen LogP contribution in [0.25, 0.3) is 0 Å². The van der Waals surface area contributed by atoms with Crippen LogP contribution in [0.1, 0.15) is 19.8 Å². The third-order valence-electron chi connectivity index (χ3n) is 2.77. The minimum Gasteiger partial charge on any atom is -0.493 e. The van der Waals surface area contributed by atoms with E-state index in [-0.39, 0.29) is 4.90 Å². The molecule has 0 atom stereocenters. The molecule has 0 spiro atoms. The van der Waals surface area contributed by atoms with Crippen molar-refractivity contribution in [2.75, 3.05) is 34.0 Å². The van der Waals surface area contributed by atoms with Crippen molar-refractivity contribution in [1.82, 2.24) is 4.72 Å². The highest BCUT2D eigenvalue weighted by Crippen LogP contribution is 2.29. The molecule has 0 aliphatic heterocycles. The summed E-state index contributed by atoms with van der Waals surface area (Å²) in [5.41, 5.74) is 0. The van der Waals surface area contributed by atoms with Gasteiger partial charge in [0.2, 0.25) is 10.0 Å². The molecule has 1 N–H and O–H groups in total. The summed E-state index contributed by atoms with van der Waals surface area (Å²) in [5.74, 6) is 0.871. The van der Waals surface area contributed by atoms with Crippen LogP contribution in [0.4, 0.5) is 0 Å². The first kappa shape index (κ1) is 17.7. The van der Waals surface area contributed by atoms with Gasteiger partial charge in [-0.1, -0.05) is 6.92 Å². The quantitative estimate of drug-likeness (QED) is 0.666. The fraction of sp³-hybridized carbons (Fsp3) is 0.571. The van der Waals surface area contributed by atoms with Gasteiger partial charge in [0.05, 0.1) is 19.1 Å². The summed E-state index contributed by atoms with van der Waals surface area (Å²) in [4.78, 5) is 0.148. The molecule has 0 saturated carbocycles. The summed E-state index contributed by atoms with van der Waals surface area (Å²) in [6.07, 6.45) is 1.59. The third-order valence-corrected chi connectivity index (χ3v) is 4.23. The monoisotopic (exact) mass is 317 g/mol. The molecule has 1 aromatic carbocycles. The van der Waals surface area contributed by atoms with Crippen LogP contribution in [0.2, 0.25) is 0 Å². The van der Waals surface area contributed by atoms with E-state index < -0.39 is 10.0 Å². The van der Waals surface area contributed by atoms with Gasteiger partial charge in [0, 0.05) is 25.8 Å². The van der Waals surface area contributed by atoms with Gasteiger partial charge in [-0.05, 0) is 25.0 Å². The van der Waals surface area contributed by atoms with Crippen LogP contribution in [0.5, 0.6) is 11.5 Å². The average molecular weight is 317 g/mol.